The van der Waals surface area contributed by atoms with Crippen LogP contribution in [0.5, 0.6) is 0 Å². The number of nitrogens with zero attached hydrogens (tertiary/aromatic N) is 2. The molecule has 0 aliphatic rings. The first-order chi connectivity index (χ1) is 11.1. The number of esters is 1. The summed E-state index contributed by atoms with van der Waals surface area (Å²) in [5.74, 6) is -0.100. The van der Waals surface area contributed by atoms with Gasteiger partial charge in [0.15, 0.2) is 4.96 Å². The number of thiazole rings is 1. The molecule has 0 saturated heterocycles. The molecule has 0 N–H and O–H groups in total. The largest absolute Gasteiger partial charge is 0.459 e. The van der Waals surface area contributed by atoms with Crippen LogP contribution < -0.4 is 5.56 Å². The van der Waals surface area contributed by atoms with Gasteiger partial charge in [-0.1, -0.05) is 18.2 Å². The summed E-state index contributed by atoms with van der Waals surface area (Å²) < 4.78 is 6.67. The van der Waals surface area contributed by atoms with Crippen LogP contribution in [0.3, 0.4) is 0 Å². The molecule has 3 aromatic rings. The van der Waals surface area contributed by atoms with E-state index in [1.165, 1.54) is 33.6 Å². The number of rotatable bonds is 5. The average Bonchev–Trinajstić information content (AvgIpc) is 3.01. The van der Waals surface area contributed by atoms with E-state index in [9.17, 15) is 9.59 Å². The average molecular weight is 346 g/mol. The molecule has 0 radical (unpaired) electrons. The highest BCUT2D eigenvalue weighted by atomic mass is 32.2. The third-order valence-corrected chi connectivity index (χ3v) is 5.08. The Morgan fingerprint density at radius 2 is 2.22 bits per heavy atom. The number of thioether (sulfide) groups is 1. The molecule has 7 heteroatoms. The molecule has 0 fully saturated rings. The highest BCUT2D eigenvalue weighted by Crippen LogP contribution is 2.21. The maximum atomic E-state index is 11.8. The van der Waals surface area contributed by atoms with E-state index < -0.39 is 0 Å². The van der Waals surface area contributed by atoms with Crippen LogP contribution >= 0.6 is 23.1 Å². The summed E-state index contributed by atoms with van der Waals surface area (Å²) in [4.78, 5) is 29.6. The van der Waals surface area contributed by atoms with E-state index in [1.807, 2.05) is 31.2 Å². The SMILES string of the molecule is Cc1ccccc1SCC(=O)OCc1cc(=O)n2ccsc2n1. The van der Waals surface area contributed by atoms with Crippen molar-refractivity contribution in [3.63, 3.8) is 0 Å². The molecule has 0 aliphatic heterocycles. The molecule has 3 rings (SSSR count). The van der Waals surface area contributed by atoms with Gasteiger partial charge >= 0.3 is 5.97 Å². The van der Waals surface area contributed by atoms with Gasteiger partial charge in [-0.25, -0.2) is 4.98 Å². The van der Waals surface area contributed by atoms with E-state index in [4.69, 9.17) is 4.74 Å². The van der Waals surface area contributed by atoms with Crippen LogP contribution in [0.1, 0.15) is 11.3 Å². The second-order valence-electron chi connectivity index (χ2n) is 4.86. The topological polar surface area (TPSA) is 60.7 Å². The minimum absolute atomic E-state index is 0.0107. The van der Waals surface area contributed by atoms with Crippen molar-refractivity contribution in [2.45, 2.75) is 18.4 Å². The normalized spacial score (nSPS) is 10.8. The van der Waals surface area contributed by atoms with Crippen LogP contribution in [0.15, 0.2) is 51.6 Å². The summed E-state index contributed by atoms with van der Waals surface area (Å²) in [6.07, 6.45) is 1.67. The molecule has 2 heterocycles. The van der Waals surface area contributed by atoms with Gasteiger partial charge in [0, 0.05) is 22.5 Å². The number of aryl methyl sites for hydroxylation is 1. The van der Waals surface area contributed by atoms with Crippen LogP contribution in [0.4, 0.5) is 0 Å². The van der Waals surface area contributed by atoms with E-state index in [-0.39, 0.29) is 23.9 Å². The molecule has 0 amide bonds. The highest BCUT2D eigenvalue weighted by Gasteiger charge is 2.08. The van der Waals surface area contributed by atoms with E-state index in [0.29, 0.717) is 10.7 Å². The molecule has 118 valence electrons. The maximum absolute atomic E-state index is 11.8. The first-order valence-corrected chi connectivity index (χ1v) is 8.80. The zero-order valence-corrected chi connectivity index (χ0v) is 14.0. The fourth-order valence-electron chi connectivity index (χ4n) is 2.01. The zero-order valence-electron chi connectivity index (χ0n) is 12.4. The van der Waals surface area contributed by atoms with Crippen LogP contribution in [0.2, 0.25) is 0 Å². The summed E-state index contributed by atoms with van der Waals surface area (Å²) in [6.45, 7) is 2.01. The van der Waals surface area contributed by atoms with Crippen LogP contribution in [0.25, 0.3) is 4.96 Å². The van der Waals surface area contributed by atoms with Gasteiger partial charge in [0.25, 0.3) is 5.56 Å². The number of hydrogen-bond acceptors (Lipinski definition) is 6. The van der Waals surface area contributed by atoms with Crippen molar-refractivity contribution >= 4 is 34.0 Å². The van der Waals surface area contributed by atoms with Crippen molar-refractivity contribution in [3.05, 3.63) is 63.5 Å². The molecule has 5 nitrogen and oxygen atoms in total. The maximum Gasteiger partial charge on any atom is 0.316 e. The van der Waals surface area contributed by atoms with E-state index in [2.05, 4.69) is 4.98 Å². The van der Waals surface area contributed by atoms with Gasteiger partial charge in [-0.15, -0.1) is 23.1 Å². The van der Waals surface area contributed by atoms with Crippen molar-refractivity contribution in [1.82, 2.24) is 9.38 Å². The quantitative estimate of drug-likeness (QED) is 0.525. The van der Waals surface area contributed by atoms with Gasteiger partial charge in [-0.3, -0.25) is 14.0 Å². The highest BCUT2D eigenvalue weighted by molar-refractivity contribution is 8.00. The summed E-state index contributed by atoms with van der Waals surface area (Å²) in [7, 11) is 0. The number of hydrogen-bond donors (Lipinski definition) is 0. The smallest absolute Gasteiger partial charge is 0.316 e. The number of carbonyl (C=O) groups is 1. The lowest BCUT2D eigenvalue weighted by molar-refractivity contribution is -0.141. The minimum Gasteiger partial charge on any atom is -0.459 e. The summed E-state index contributed by atoms with van der Waals surface area (Å²) in [5, 5.41) is 1.79. The second kappa shape index (κ2) is 6.97. The number of aromatic nitrogens is 2. The van der Waals surface area contributed by atoms with Crippen LogP contribution in [0, 0.1) is 6.92 Å². The van der Waals surface area contributed by atoms with Gasteiger partial charge in [-0.2, -0.15) is 0 Å². The molecule has 23 heavy (non-hydrogen) atoms. The monoisotopic (exact) mass is 346 g/mol. The van der Waals surface area contributed by atoms with Crippen molar-refractivity contribution in [3.8, 4) is 0 Å². The Balaban J connectivity index is 1.58. The molecule has 0 unspecified atom stereocenters. The fourth-order valence-corrected chi connectivity index (χ4v) is 3.58. The second-order valence-corrected chi connectivity index (χ2v) is 6.75. The van der Waals surface area contributed by atoms with Crippen molar-refractivity contribution in [1.29, 1.82) is 0 Å². The molecular formula is C16H14N2O3S2. The lowest BCUT2D eigenvalue weighted by Gasteiger charge is -2.06. The van der Waals surface area contributed by atoms with E-state index in [1.54, 1.807) is 11.6 Å². The molecule has 2 aromatic heterocycles. The predicted octanol–water partition coefficient (Wildman–Crippen LogP) is 2.90. The Hall–Kier alpha value is -2.12. The Bertz CT molecular complexity index is 901. The number of benzene rings is 1. The third kappa shape index (κ3) is 3.80. The lowest BCUT2D eigenvalue weighted by atomic mass is 10.2. The van der Waals surface area contributed by atoms with E-state index in [0.717, 1.165) is 10.5 Å². The third-order valence-electron chi connectivity index (χ3n) is 3.18. The Labute approximate surface area is 140 Å². The van der Waals surface area contributed by atoms with E-state index >= 15 is 0 Å². The Morgan fingerprint density at radius 1 is 1.39 bits per heavy atom. The minimum atomic E-state index is -0.327. The van der Waals surface area contributed by atoms with Gasteiger partial charge in [0.1, 0.15) is 6.61 Å². The fraction of sp³-hybridized carbons (Fsp3) is 0.188. The van der Waals surface area contributed by atoms with Crippen LogP contribution in [-0.4, -0.2) is 21.1 Å². The molecular weight excluding hydrogens is 332 g/mol. The Morgan fingerprint density at radius 3 is 3.04 bits per heavy atom. The number of carbonyl (C=O) groups excluding carboxylic acids is 1. The van der Waals surface area contributed by atoms with Crippen LogP contribution in [-0.2, 0) is 16.1 Å². The standard InChI is InChI=1S/C16H14N2O3S2/c1-11-4-2-3-5-13(11)23-10-15(20)21-9-12-8-14(19)18-6-7-22-16(18)17-12/h2-8H,9-10H2,1H3. The zero-order chi connectivity index (χ0) is 16.2. The molecule has 1 aromatic carbocycles. The summed E-state index contributed by atoms with van der Waals surface area (Å²) in [6, 6.07) is 9.26. The van der Waals surface area contributed by atoms with Gasteiger partial charge in [0.2, 0.25) is 0 Å². The molecule has 0 bridgehead atoms. The summed E-state index contributed by atoms with van der Waals surface area (Å²) >= 11 is 2.80. The Kier molecular flexibility index (Phi) is 4.78. The number of fused-ring (bicyclic) bond motifs is 1. The van der Waals surface area contributed by atoms with Gasteiger partial charge in [0.05, 0.1) is 11.4 Å². The molecule has 0 saturated carbocycles. The van der Waals surface area contributed by atoms with Gasteiger partial charge in [-0.05, 0) is 18.6 Å². The lowest BCUT2D eigenvalue weighted by Crippen LogP contribution is -2.15. The summed E-state index contributed by atoms with van der Waals surface area (Å²) in [5.41, 5.74) is 1.42. The molecule has 0 spiro atoms. The van der Waals surface area contributed by atoms with Crippen molar-refractivity contribution in [2.75, 3.05) is 5.75 Å². The van der Waals surface area contributed by atoms with Gasteiger partial charge < -0.3 is 4.74 Å². The first-order valence-electron chi connectivity index (χ1n) is 6.93. The number of ether oxygens (including phenoxy) is 1. The predicted molar refractivity (Wildman–Crippen MR) is 91.0 cm³/mol. The van der Waals surface area contributed by atoms with Crippen molar-refractivity contribution < 1.29 is 9.53 Å². The molecule has 0 aliphatic carbocycles. The first kappa shape index (κ1) is 15.8. The van der Waals surface area contributed by atoms with Crippen molar-refractivity contribution in [2.24, 2.45) is 0 Å². The molecule has 0 atom stereocenters.